The van der Waals surface area contributed by atoms with Crippen molar-refractivity contribution in [3.05, 3.63) is 28.8 Å². The Balaban J connectivity index is 3.35. The lowest BCUT2D eigenvalue weighted by Crippen LogP contribution is -1.92. The lowest BCUT2D eigenvalue weighted by atomic mass is 10.0. The maximum absolute atomic E-state index is 10.7. The zero-order valence-corrected chi connectivity index (χ0v) is 8.37. The van der Waals surface area contributed by atoms with Crippen LogP contribution in [-0.4, -0.2) is 12.5 Å². The van der Waals surface area contributed by atoms with Gasteiger partial charge in [0.25, 0.3) is 0 Å². The van der Waals surface area contributed by atoms with Crippen molar-refractivity contribution in [1.29, 1.82) is 0 Å². The number of hydrogen-bond acceptors (Lipinski definition) is 2. The van der Waals surface area contributed by atoms with Gasteiger partial charge in [0.2, 0.25) is 0 Å². The van der Waals surface area contributed by atoms with Crippen LogP contribution in [0.1, 0.15) is 21.5 Å². The molecule has 64 valence electrons. The lowest BCUT2D eigenvalue weighted by molar-refractivity contribution is 0.112. The molecule has 2 heteroatoms. The minimum Gasteiger partial charge on any atom is -0.298 e. The highest BCUT2D eigenvalue weighted by Gasteiger charge is 2.05. The van der Waals surface area contributed by atoms with E-state index < -0.39 is 0 Å². The van der Waals surface area contributed by atoms with Crippen LogP contribution >= 0.6 is 11.8 Å². The normalized spacial score (nSPS) is 9.92. The second-order valence-corrected chi connectivity index (χ2v) is 3.59. The third-order valence-electron chi connectivity index (χ3n) is 2.08. The molecule has 1 nitrogen and oxygen atoms in total. The van der Waals surface area contributed by atoms with Gasteiger partial charge in [-0.2, -0.15) is 0 Å². The average molecular weight is 180 g/mol. The Bertz CT molecular complexity index is 305. The van der Waals surface area contributed by atoms with Crippen LogP contribution in [0, 0.1) is 13.8 Å². The summed E-state index contributed by atoms with van der Waals surface area (Å²) >= 11 is 1.61. The largest absolute Gasteiger partial charge is 0.298 e. The van der Waals surface area contributed by atoms with Crippen molar-refractivity contribution in [3.8, 4) is 0 Å². The van der Waals surface area contributed by atoms with E-state index in [0.29, 0.717) is 0 Å². The van der Waals surface area contributed by atoms with E-state index in [1.807, 2.05) is 32.2 Å². The maximum atomic E-state index is 10.7. The summed E-state index contributed by atoms with van der Waals surface area (Å²) < 4.78 is 0. The highest BCUT2D eigenvalue weighted by molar-refractivity contribution is 7.98. The van der Waals surface area contributed by atoms with Crippen LogP contribution < -0.4 is 0 Å². The van der Waals surface area contributed by atoms with Gasteiger partial charge in [-0.1, -0.05) is 6.07 Å². The second kappa shape index (κ2) is 3.76. The fourth-order valence-corrected chi connectivity index (χ4v) is 1.76. The third kappa shape index (κ3) is 1.53. The number of aryl methyl sites for hydroxylation is 1. The molecule has 0 aromatic heterocycles. The summed E-state index contributed by atoms with van der Waals surface area (Å²) in [5.41, 5.74) is 3.11. The van der Waals surface area contributed by atoms with E-state index in [0.717, 1.165) is 22.3 Å². The second-order valence-electron chi connectivity index (χ2n) is 2.74. The van der Waals surface area contributed by atoms with Crippen molar-refractivity contribution >= 4 is 18.0 Å². The number of carbonyl (C=O) groups excluding carboxylic acids is 1. The van der Waals surface area contributed by atoms with Gasteiger partial charge in [-0.25, -0.2) is 0 Å². The Hall–Kier alpha value is -0.760. The summed E-state index contributed by atoms with van der Waals surface area (Å²) in [4.78, 5) is 11.8. The van der Waals surface area contributed by atoms with Crippen molar-refractivity contribution in [2.24, 2.45) is 0 Å². The van der Waals surface area contributed by atoms with Crippen molar-refractivity contribution in [3.63, 3.8) is 0 Å². The molecule has 0 bridgehead atoms. The standard InChI is InChI=1S/C10H12OS/c1-7-4-5-10(12-3)9(6-11)8(7)2/h4-6H,1-3H3. The summed E-state index contributed by atoms with van der Waals surface area (Å²) in [6.45, 7) is 4.01. The van der Waals surface area contributed by atoms with Gasteiger partial charge in [0.15, 0.2) is 6.29 Å². The SMILES string of the molecule is CSc1ccc(C)c(C)c1C=O. The molecule has 0 N–H and O–H groups in total. The minimum atomic E-state index is 0.836. The van der Waals surface area contributed by atoms with Crippen molar-refractivity contribution in [1.82, 2.24) is 0 Å². The fraction of sp³-hybridized carbons (Fsp3) is 0.300. The molecule has 0 aliphatic heterocycles. The molecule has 0 heterocycles. The molecule has 1 aromatic carbocycles. The van der Waals surface area contributed by atoms with Crippen molar-refractivity contribution in [2.75, 3.05) is 6.26 Å². The molecule has 0 saturated carbocycles. The van der Waals surface area contributed by atoms with E-state index >= 15 is 0 Å². The first-order valence-corrected chi connectivity index (χ1v) is 5.02. The van der Waals surface area contributed by atoms with Gasteiger partial charge in [0, 0.05) is 10.5 Å². The smallest absolute Gasteiger partial charge is 0.151 e. The molecule has 0 unspecified atom stereocenters. The molecular weight excluding hydrogens is 168 g/mol. The quantitative estimate of drug-likeness (QED) is 0.514. The van der Waals surface area contributed by atoms with Gasteiger partial charge in [-0.15, -0.1) is 11.8 Å². The topological polar surface area (TPSA) is 17.1 Å². The van der Waals surface area contributed by atoms with E-state index in [-0.39, 0.29) is 0 Å². The van der Waals surface area contributed by atoms with Gasteiger partial charge in [-0.3, -0.25) is 4.79 Å². The first-order chi connectivity index (χ1) is 5.70. The zero-order valence-electron chi connectivity index (χ0n) is 7.55. The summed E-state index contributed by atoms with van der Waals surface area (Å²) in [5, 5.41) is 0. The zero-order chi connectivity index (χ0) is 9.14. The number of hydrogen-bond donors (Lipinski definition) is 0. The third-order valence-corrected chi connectivity index (χ3v) is 2.88. The molecule has 0 spiro atoms. The maximum Gasteiger partial charge on any atom is 0.151 e. The Morgan fingerprint density at radius 1 is 1.33 bits per heavy atom. The number of rotatable bonds is 2. The van der Waals surface area contributed by atoms with Gasteiger partial charge < -0.3 is 0 Å². The van der Waals surface area contributed by atoms with E-state index in [4.69, 9.17) is 0 Å². The molecule has 0 amide bonds. The van der Waals surface area contributed by atoms with Gasteiger partial charge in [0.1, 0.15) is 0 Å². The fourth-order valence-electron chi connectivity index (χ4n) is 1.14. The summed E-state index contributed by atoms with van der Waals surface area (Å²) in [6.07, 6.45) is 2.92. The van der Waals surface area contributed by atoms with E-state index in [2.05, 4.69) is 0 Å². The average Bonchev–Trinajstić information content (AvgIpc) is 2.09. The number of benzene rings is 1. The molecule has 0 fully saturated rings. The number of aldehydes is 1. The molecule has 0 radical (unpaired) electrons. The first-order valence-electron chi connectivity index (χ1n) is 3.80. The van der Waals surface area contributed by atoms with E-state index in [9.17, 15) is 4.79 Å². The number of carbonyl (C=O) groups is 1. The van der Waals surface area contributed by atoms with Crippen LogP contribution in [-0.2, 0) is 0 Å². The molecule has 1 rings (SSSR count). The lowest BCUT2D eigenvalue weighted by Gasteiger charge is -2.06. The predicted octanol–water partition coefficient (Wildman–Crippen LogP) is 2.84. The van der Waals surface area contributed by atoms with Gasteiger partial charge in [0.05, 0.1) is 0 Å². The molecule has 12 heavy (non-hydrogen) atoms. The Morgan fingerprint density at radius 2 is 2.00 bits per heavy atom. The Morgan fingerprint density at radius 3 is 2.50 bits per heavy atom. The summed E-state index contributed by atoms with van der Waals surface area (Å²) in [7, 11) is 0. The predicted molar refractivity (Wildman–Crippen MR) is 53.1 cm³/mol. The minimum absolute atomic E-state index is 0.836. The molecule has 0 aliphatic carbocycles. The number of thioether (sulfide) groups is 1. The molecule has 1 aromatic rings. The van der Waals surface area contributed by atoms with Crippen LogP contribution in [0.5, 0.6) is 0 Å². The van der Waals surface area contributed by atoms with Crippen LogP contribution in [0.15, 0.2) is 17.0 Å². The van der Waals surface area contributed by atoms with Crippen LogP contribution in [0.4, 0.5) is 0 Å². The Labute approximate surface area is 77.2 Å². The molecular formula is C10H12OS. The molecule has 0 aliphatic rings. The van der Waals surface area contributed by atoms with Gasteiger partial charge in [-0.05, 0) is 37.3 Å². The van der Waals surface area contributed by atoms with Gasteiger partial charge >= 0.3 is 0 Å². The Kier molecular flexibility index (Phi) is 2.93. The highest BCUT2D eigenvalue weighted by Crippen LogP contribution is 2.23. The van der Waals surface area contributed by atoms with E-state index in [1.54, 1.807) is 11.8 Å². The molecule has 0 saturated heterocycles. The van der Waals surface area contributed by atoms with Crippen molar-refractivity contribution < 1.29 is 4.79 Å². The summed E-state index contributed by atoms with van der Waals surface area (Å²) in [5.74, 6) is 0. The first kappa shape index (κ1) is 9.33. The highest BCUT2D eigenvalue weighted by atomic mass is 32.2. The van der Waals surface area contributed by atoms with E-state index in [1.165, 1.54) is 5.56 Å². The van der Waals surface area contributed by atoms with Crippen LogP contribution in [0.2, 0.25) is 0 Å². The van der Waals surface area contributed by atoms with Crippen LogP contribution in [0.25, 0.3) is 0 Å². The monoisotopic (exact) mass is 180 g/mol. The van der Waals surface area contributed by atoms with Crippen LogP contribution in [0.3, 0.4) is 0 Å². The van der Waals surface area contributed by atoms with Crippen molar-refractivity contribution in [2.45, 2.75) is 18.7 Å². The molecule has 0 atom stereocenters. The summed E-state index contributed by atoms with van der Waals surface area (Å²) in [6, 6.07) is 4.05.